The number of rotatable bonds is 14. The summed E-state index contributed by atoms with van der Waals surface area (Å²) in [5.41, 5.74) is 0.687. The highest BCUT2D eigenvalue weighted by molar-refractivity contribution is 6.23. The van der Waals surface area contributed by atoms with Crippen molar-refractivity contribution in [1.82, 2.24) is 15.5 Å². The zero-order chi connectivity index (χ0) is 35.4. The molecule has 1 aliphatic heterocycles. The minimum atomic E-state index is -1.01. The first kappa shape index (κ1) is 33.7. The van der Waals surface area contributed by atoms with Crippen LogP contribution in [0.2, 0.25) is 0 Å². The van der Waals surface area contributed by atoms with E-state index in [2.05, 4.69) is 41.0 Å². The van der Waals surface area contributed by atoms with Gasteiger partial charge in [-0.2, -0.15) is 0 Å². The highest BCUT2D eigenvalue weighted by atomic mass is 16.6. The normalized spacial score (nSPS) is 13.3. The van der Waals surface area contributed by atoms with Gasteiger partial charge in [0.05, 0.1) is 30.3 Å². The van der Waals surface area contributed by atoms with E-state index in [1.54, 1.807) is 0 Å². The van der Waals surface area contributed by atoms with Gasteiger partial charge in [0.2, 0.25) is 5.91 Å². The Labute approximate surface area is 286 Å². The van der Waals surface area contributed by atoms with Crippen LogP contribution >= 0.6 is 0 Å². The molecule has 0 aromatic heterocycles. The van der Waals surface area contributed by atoms with E-state index in [0.717, 1.165) is 37.4 Å². The van der Waals surface area contributed by atoms with Gasteiger partial charge in [0.15, 0.2) is 11.5 Å². The minimum Gasteiger partial charge on any atom is -0.493 e. The van der Waals surface area contributed by atoms with E-state index in [4.69, 9.17) is 14.2 Å². The molecule has 4 amide bonds. The first-order valence-corrected chi connectivity index (χ1v) is 16.0. The molecule has 256 valence electrons. The quantitative estimate of drug-likeness (QED) is 0.0493. The summed E-state index contributed by atoms with van der Waals surface area (Å²) in [6.07, 6.45) is 0.953. The van der Waals surface area contributed by atoms with Crippen LogP contribution in [0.15, 0.2) is 78.9 Å². The average Bonchev–Trinajstić information content (AvgIpc) is 3.43. The van der Waals surface area contributed by atoms with Gasteiger partial charge in [-0.25, -0.2) is 4.79 Å². The number of carbonyl (C=O) groups is 4. The van der Waals surface area contributed by atoms with Crippen molar-refractivity contribution in [1.29, 1.82) is 0 Å². The summed E-state index contributed by atoms with van der Waals surface area (Å²) in [5.74, 6) is -0.878. The van der Waals surface area contributed by atoms with Crippen LogP contribution in [0.3, 0.4) is 0 Å². The largest absolute Gasteiger partial charge is 0.493 e. The van der Waals surface area contributed by atoms with Crippen LogP contribution < -0.4 is 20.1 Å². The summed E-state index contributed by atoms with van der Waals surface area (Å²) < 4.78 is 16.7. The Morgan fingerprint density at radius 2 is 1.58 bits per heavy atom. The van der Waals surface area contributed by atoms with E-state index in [0.29, 0.717) is 0 Å². The van der Waals surface area contributed by atoms with Crippen LogP contribution in [0.25, 0.3) is 32.3 Å². The molecular formula is C37H34N4O9. The third-order valence-corrected chi connectivity index (χ3v) is 8.64. The van der Waals surface area contributed by atoms with Gasteiger partial charge in [-0.1, -0.05) is 54.6 Å². The zero-order valence-electron chi connectivity index (χ0n) is 27.4. The summed E-state index contributed by atoms with van der Waals surface area (Å²) >= 11 is 0. The Balaban J connectivity index is 1.05. The molecule has 0 saturated heterocycles. The van der Waals surface area contributed by atoms with E-state index in [9.17, 15) is 29.3 Å². The van der Waals surface area contributed by atoms with Crippen molar-refractivity contribution in [2.24, 2.45) is 0 Å². The predicted octanol–water partition coefficient (Wildman–Crippen LogP) is 5.69. The lowest BCUT2D eigenvalue weighted by Crippen LogP contribution is -2.38. The third kappa shape index (κ3) is 6.97. The number of alkyl carbamates (subject to hydrolysis) is 1. The minimum absolute atomic E-state index is 0.0464. The molecule has 0 bridgehead atoms. The van der Waals surface area contributed by atoms with Gasteiger partial charge in [0, 0.05) is 38.2 Å². The molecule has 13 nitrogen and oxygen atoms in total. The SMILES string of the molecule is COc1cc(C(C)OC(=O)NCc2ccc3ccc4cccc5ccc2c3c45)c([N+](=O)[O-])cc1OCCCC(=O)NCCN1C(=O)C=CC1=O. The van der Waals surface area contributed by atoms with E-state index in [-0.39, 0.29) is 67.7 Å². The molecule has 0 aliphatic carbocycles. The van der Waals surface area contributed by atoms with Gasteiger partial charge < -0.3 is 24.8 Å². The second kappa shape index (κ2) is 14.5. The first-order chi connectivity index (χ1) is 24.1. The van der Waals surface area contributed by atoms with Crippen molar-refractivity contribution in [2.75, 3.05) is 26.8 Å². The molecule has 2 N–H and O–H groups in total. The van der Waals surface area contributed by atoms with E-state index in [1.165, 1.54) is 43.7 Å². The Kier molecular flexibility index (Phi) is 9.75. The number of methoxy groups -OCH3 is 1. The van der Waals surface area contributed by atoms with Gasteiger partial charge in [-0.05, 0) is 57.3 Å². The lowest BCUT2D eigenvalue weighted by molar-refractivity contribution is -0.386. The van der Waals surface area contributed by atoms with Crippen LogP contribution in [-0.2, 0) is 25.7 Å². The van der Waals surface area contributed by atoms with Gasteiger partial charge in [0.25, 0.3) is 17.5 Å². The summed E-state index contributed by atoms with van der Waals surface area (Å²) in [6.45, 7) is 1.93. The fraction of sp³-hybridized carbons (Fsp3) is 0.243. The molecule has 1 heterocycles. The van der Waals surface area contributed by atoms with Gasteiger partial charge >= 0.3 is 6.09 Å². The lowest BCUT2D eigenvalue weighted by Gasteiger charge is -2.18. The lowest BCUT2D eigenvalue weighted by atomic mass is 9.92. The Bertz CT molecular complexity index is 2130. The number of ether oxygens (including phenoxy) is 3. The summed E-state index contributed by atoms with van der Waals surface area (Å²) in [5, 5.41) is 24.2. The Morgan fingerprint density at radius 1 is 0.900 bits per heavy atom. The second-order valence-corrected chi connectivity index (χ2v) is 11.8. The highest BCUT2D eigenvalue weighted by Crippen LogP contribution is 2.39. The Hall–Kier alpha value is -6.24. The molecule has 1 atom stereocenters. The maximum absolute atomic E-state index is 12.9. The van der Waals surface area contributed by atoms with Crippen molar-refractivity contribution in [3.8, 4) is 11.5 Å². The van der Waals surface area contributed by atoms with Crippen molar-refractivity contribution in [3.63, 3.8) is 0 Å². The molecule has 50 heavy (non-hydrogen) atoms. The maximum Gasteiger partial charge on any atom is 0.408 e. The van der Waals surface area contributed by atoms with E-state index < -0.39 is 28.9 Å². The number of nitro groups is 1. The van der Waals surface area contributed by atoms with Crippen molar-refractivity contribution < 1.29 is 38.3 Å². The molecule has 6 rings (SSSR count). The molecule has 5 aromatic rings. The maximum atomic E-state index is 12.9. The molecule has 0 fully saturated rings. The first-order valence-electron chi connectivity index (χ1n) is 16.0. The summed E-state index contributed by atoms with van der Waals surface area (Å²) in [6, 6.07) is 21.1. The van der Waals surface area contributed by atoms with Crippen LogP contribution in [0, 0.1) is 10.1 Å². The molecule has 5 aromatic carbocycles. The zero-order valence-corrected chi connectivity index (χ0v) is 27.4. The van der Waals surface area contributed by atoms with Gasteiger partial charge in [-0.3, -0.25) is 29.4 Å². The number of amides is 4. The summed E-state index contributed by atoms with van der Waals surface area (Å²) in [7, 11) is 1.38. The molecule has 0 spiro atoms. The second-order valence-electron chi connectivity index (χ2n) is 11.8. The number of nitrogens with one attached hydrogen (secondary N) is 2. The van der Waals surface area contributed by atoms with Gasteiger partial charge in [0.1, 0.15) is 6.10 Å². The number of benzene rings is 5. The molecular weight excluding hydrogens is 644 g/mol. The molecule has 1 aliphatic rings. The monoisotopic (exact) mass is 678 g/mol. The molecule has 0 saturated carbocycles. The number of carbonyl (C=O) groups excluding carboxylic acids is 4. The smallest absolute Gasteiger partial charge is 0.408 e. The third-order valence-electron chi connectivity index (χ3n) is 8.64. The van der Waals surface area contributed by atoms with E-state index in [1.807, 2.05) is 24.3 Å². The van der Waals surface area contributed by atoms with Crippen molar-refractivity contribution in [2.45, 2.75) is 32.4 Å². The fourth-order valence-corrected chi connectivity index (χ4v) is 6.17. The Morgan fingerprint density at radius 3 is 2.28 bits per heavy atom. The van der Waals surface area contributed by atoms with Crippen LogP contribution in [0.4, 0.5) is 10.5 Å². The molecule has 13 heteroatoms. The fourth-order valence-electron chi connectivity index (χ4n) is 6.17. The number of imide groups is 1. The van der Waals surface area contributed by atoms with Crippen molar-refractivity contribution in [3.05, 3.63) is 100 Å². The van der Waals surface area contributed by atoms with Crippen LogP contribution in [0.1, 0.15) is 37.0 Å². The summed E-state index contributed by atoms with van der Waals surface area (Å²) in [4.78, 5) is 60.8. The standard InChI is InChI=1S/C37H34N4O9/c1-22(50-37(45)39-21-26-11-10-25-9-8-23-5-3-6-24-12-13-27(26)36(25)35(23)24)28-19-30(48-2)31(20-29(28)41(46)47)49-18-4-7-32(42)38-16-17-40-33(43)14-15-34(40)44/h3,5-6,8-15,19-20,22H,4,7,16-18,21H2,1-2H3,(H,38,42)(H,39,45). The van der Waals surface area contributed by atoms with Crippen LogP contribution in [-0.4, -0.2) is 60.4 Å². The molecule has 1 unspecified atom stereocenters. The van der Waals surface area contributed by atoms with Gasteiger partial charge in [-0.15, -0.1) is 0 Å². The molecule has 0 radical (unpaired) electrons. The highest BCUT2D eigenvalue weighted by Gasteiger charge is 2.27. The number of nitrogens with zero attached hydrogens (tertiary/aromatic N) is 2. The number of nitro benzene ring substituents is 1. The van der Waals surface area contributed by atoms with Crippen LogP contribution in [0.5, 0.6) is 11.5 Å². The van der Waals surface area contributed by atoms with E-state index >= 15 is 0 Å². The number of hydrogen-bond donors (Lipinski definition) is 2. The van der Waals surface area contributed by atoms with Crippen molar-refractivity contribution >= 4 is 61.8 Å². The topological polar surface area (TPSA) is 166 Å². The predicted molar refractivity (Wildman–Crippen MR) is 185 cm³/mol. The number of hydrogen-bond acceptors (Lipinski definition) is 9. The average molecular weight is 679 g/mol.